The minimum atomic E-state index is -0.197. The maximum atomic E-state index is 12.5. The van der Waals surface area contributed by atoms with E-state index >= 15 is 0 Å². The van der Waals surface area contributed by atoms with E-state index in [2.05, 4.69) is 36.3 Å². The van der Waals surface area contributed by atoms with Crippen LogP contribution in [0.25, 0.3) is 0 Å². The van der Waals surface area contributed by atoms with E-state index in [-0.39, 0.29) is 23.3 Å². The van der Waals surface area contributed by atoms with Crippen LogP contribution in [-0.4, -0.2) is 59.1 Å². The van der Waals surface area contributed by atoms with Crippen LogP contribution < -0.4 is 5.32 Å². The number of nitrogens with zero attached hydrogens (tertiary/aromatic N) is 4. The van der Waals surface area contributed by atoms with Crippen LogP contribution in [0, 0.1) is 11.3 Å². The molecule has 0 aliphatic carbocycles. The van der Waals surface area contributed by atoms with Gasteiger partial charge in [-0.1, -0.05) is 32.1 Å². The van der Waals surface area contributed by atoms with Gasteiger partial charge in [0.25, 0.3) is 0 Å². The van der Waals surface area contributed by atoms with Gasteiger partial charge in [0.15, 0.2) is 0 Å². The van der Waals surface area contributed by atoms with Crippen LogP contribution in [0.1, 0.15) is 38.6 Å². The number of hydrogen-bond donors (Lipinski definition) is 1. The zero-order chi connectivity index (χ0) is 17.9. The summed E-state index contributed by atoms with van der Waals surface area (Å²) >= 11 is 1.42. The van der Waals surface area contributed by atoms with Gasteiger partial charge < -0.3 is 15.1 Å². The van der Waals surface area contributed by atoms with Crippen molar-refractivity contribution in [3.63, 3.8) is 0 Å². The quantitative estimate of drug-likeness (QED) is 0.905. The number of likely N-dealkylation sites (tertiary alicyclic amines) is 1. The minimum Gasteiger partial charge on any atom is -0.331 e. The van der Waals surface area contributed by atoms with Crippen molar-refractivity contribution in [3.05, 3.63) is 5.01 Å². The smallest absolute Gasteiger partial charge is 0.319 e. The predicted molar refractivity (Wildman–Crippen MR) is 95.1 cm³/mol. The molecule has 0 spiro atoms. The number of rotatable bonds is 3. The first-order valence-corrected chi connectivity index (χ1v) is 9.07. The first kappa shape index (κ1) is 18.6. The molecule has 0 saturated carbocycles. The van der Waals surface area contributed by atoms with Gasteiger partial charge in [0.05, 0.1) is 5.92 Å². The summed E-state index contributed by atoms with van der Waals surface area (Å²) in [5.41, 5.74) is 0.136. The summed E-state index contributed by atoms with van der Waals surface area (Å²) in [7, 11) is 3.45. The Morgan fingerprint density at radius 2 is 2.04 bits per heavy atom. The third-order valence-corrected chi connectivity index (χ3v) is 4.66. The Morgan fingerprint density at radius 3 is 2.67 bits per heavy atom. The van der Waals surface area contributed by atoms with Crippen molar-refractivity contribution in [2.75, 3.05) is 32.5 Å². The normalized spacial score (nSPS) is 18.4. The number of hydrogen-bond acceptors (Lipinski definition) is 5. The Kier molecular flexibility index (Phi) is 5.79. The molecule has 8 heteroatoms. The number of nitrogens with one attached hydrogen (secondary N) is 1. The Labute approximate surface area is 147 Å². The van der Waals surface area contributed by atoms with Crippen LogP contribution in [-0.2, 0) is 11.2 Å². The molecule has 0 aromatic carbocycles. The standard InChI is InChI=1S/C16H27N5O2S/c1-16(2,3)9-12-18-19-14(24-12)17-13(22)11-7-6-8-21(10-11)15(23)20(4)5/h11H,6-10H2,1-5H3,(H,17,19,22)/t11-/m1/s1. The van der Waals surface area contributed by atoms with Gasteiger partial charge in [0.1, 0.15) is 5.01 Å². The van der Waals surface area contributed by atoms with Gasteiger partial charge in [-0.3, -0.25) is 4.79 Å². The summed E-state index contributed by atoms with van der Waals surface area (Å²) in [6.45, 7) is 7.59. The molecular weight excluding hydrogens is 326 g/mol. The topological polar surface area (TPSA) is 78.4 Å². The van der Waals surface area contributed by atoms with Crippen LogP contribution in [0.5, 0.6) is 0 Å². The number of carbonyl (C=O) groups is 2. The Balaban J connectivity index is 1.93. The van der Waals surface area contributed by atoms with Gasteiger partial charge in [-0.15, -0.1) is 10.2 Å². The Hall–Kier alpha value is -1.70. The molecule has 1 atom stereocenters. The van der Waals surface area contributed by atoms with E-state index in [0.29, 0.717) is 18.2 Å². The van der Waals surface area contributed by atoms with E-state index < -0.39 is 0 Å². The molecule has 0 bridgehead atoms. The molecule has 1 saturated heterocycles. The van der Waals surface area contributed by atoms with Crippen molar-refractivity contribution in [2.45, 2.75) is 40.0 Å². The van der Waals surface area contributed by atoms with Crippen LogP contribution in [0.2, 0.25) is 0 Å². The Morgan fingerprint density at radius 1 is 1.33 bits per heavy atom. The molecule has 24 heavy (non-hydrogen) atoms. The molecule has 1 aliphatic rings. The average molecular weight is 353 g/mol. The van der Waals surface area contributed by atoms with Gasteiger partial charge >= 0.3 is 6.03 Å². The van der Waals surface area contributed by atoms with E-state index in [4.69, 9.17) is 0 Å². The second-order valence-corrected chi connectivity index (χ2v) is 8.75. The second kappa shape index (κ2) is 7.46. The van der Waals surface area contributed by atoms with Crippen molar-refractivity contribution >= 4 is 28.4 Å². The fourth-order valence-corrected chi connectivity index (χ4v) is 3.73. The largest absolute Gasteiger partial charge is 0.331 e. The van der Waals surface area contributed by atoms with Gasteiger partial charge in [0, 0.05) is 33.6 Å². The van der Waals surface area contributed by atoms with Crippen molar-refractivity contribution < 1.29 is 9.59 Å². The van der Waals surface area contributed by atoms with Crippen molar-refractivity contribution in [1.82, 2.24) is 20.0 Å². The molecule has 2 heterocycles. The molecule has 1 aromatic heterocycles. The van der Waals surface area contributed by atoms with E-state index in [1.165, 1.54) is 11.3 Å². The molecule has 134 valence electrons. The molecule has 1 fully saturated rings. The number of anilines is 1. The third kappa shape index (κ3) is 5.15. The lowest BCUT2D eigenvalue weighted by molar-refractivity contribution is -0.121. The number of carbonyl (C=O) groups excluding carboxylic acids is 2. The summed E-state index contributed by atoms with van der Waals surface area (Å²) in [4.78, 5) is 27.8. The molecular formula is C16H27N5O2S. The molecule has 1 N–H and O–H groups in total. The monoisotopic (exact) mass is 353 g/mol. The molecule has 1 aromatic rings. The first-order valence-electron chi connectivity index (χ1n) is 8.25. The molecule has 3 amide bonds. The summed E-state index contributed by atoms with van der Waals surface area (Å²) in [6.07, 6.45) is 2.45. The highest BCUT2D eigenvalue weighted by atomic mass is 32.1. The van der Waals surface area contributed by atoms with Crippen molar-refractivity contribution in [3.8, 4) is 0 Å². The number of piperidine rings is 1. The first-order chi connectivity index (χ1) is 11.2. The number of aromatic nitrogens is 2. The van der Waals surface area contributed by atoms with Gasteiger partial charge in [-0.2, -0.15) is 0 Å². The van der Waals surface area contributed by atoms with Gasteiger partial charge in [0.2, 0.25) is 11.0 Å². The third-order valence-electron chi connectivity index (χ3n) is 3.82. The van der Waals surface area contributed by atoms with E-state index in [0.717, 1.165) is 24.3 Å². The highest BCUT2D eigenvalue weighted by Gasteiger charge is 2.29. The van der Waals surface area contributed by atoms with Gasteiger partial charge in [-0.25, -0.2) is 4.79 Å². The van der Waals surface area contributed by atoms with Gasteiger partial charge in [-0.05, 0) is 18.3 Å². The maximum absolute atomic E-state index is 12.5. The van der Waals surface area contributed by atoms with Crippen LogP contribution in [0.15, 0.2) is 0 Å². The molecule has 2 rings (SSSR count). The van der Waals surface area contributed by atoms with Crippen molar-refractivity contribution in [1.29, 1.82) is 0 Å². The molecule has 1 aliphatic heterocycles. The summed E-state index contributed by atoms with van der Waals surface area (Å²) in [5, 5.41) is 12.5. The maximum Gasteiger partial charge on any atom is 0.319 e. The molecule has 7 nitrogen and oxygen atoms in total. The second-order valence-electron chi connectivity index (χ2n) is 7.69. The predicted octanol–water partition coefficient (Wildman–Crippen LogP) is 2.46. The lowest BCUT2D eigenvalue weighted by atomic mass is 9.93. The minimum absolute atomic E-state index is 0.0455. The van der Waals surface area contributed by atoms with E-state index in [1.54, 1.807) is 23.9 Å². The molecule has 0 radical (unpaired) electrons. The number of urea groups is 1. The van der Waals surface area contributed by atoms with Crippen LogP contribution >= 0.6 is 11.3 Å². The zero-order valence-electron chi connectivity index (χ0n) is 15.1. The lowest BCUT2D eigenvalue weighted by Crippen LogP contribution is -2.47. The van der Waals surface area contributed by atoms with Crippen LogP contribution in [0.3, 0.4) is 0 Å². The summed E-state index contributed by atoms with van der Waals surface area (Å²) in [5.74, 6) is -0.276. The van der Waals surface area contributed by atoms with Crippen molar-refractivity contribution in [2.24, 2.45) is 11.3 Å². The fraction of sp³-hybridized carbons (Fsp3) is 0.750. The highest BCUT2D eigenvalue weighted by Crippen LogP contribution is 2.26. The lowest BCUT2D eigenvalue weighted by Gasteiger charge is -2.33. The van der Waals surface area contributed by atoms with E-state index in [9.17, 15) is 9.59 Å². The summed E-state index contributed by atoms with van der Waals surface area (Å²) in [6, 6.07) is -0.0455. The SMILES string of the molecule is CN(C)C(=O)N1CCC[C@@H](C(=O)Nc2nnc(CC(C)(C)C)s2)C1. The molecule has 0 unspecified atom stereocenters. The highest BCUT2D eigenvalue weighted by molar-refractivity contribution is 7.15. The Bertz CT molecular complexity index is 594. The summed E-state index contributed by atoms with van der Waals surface area (Å²) < 4.78 is 0. The number of amides is 3. The van der Waals surface area contributed by atoms with Crippen LogP contribution in [0.4, 0.5) is 9.93 Å². The average Bonchev–Trinajstić information content (AvgIpc) is 2.91. The zero-order valence-corrected chi connectivity index (χ0v) is 15.9. The van der Waals surface area contributed by atoms with E-state index in [1.807, 2.05) is 0 Å². The fourth-order valence-electron chi connectivity index (χ4n) is 2.68.